The minimum Gasteiger partial charge on any atom is -0.508 e. The number of benzene rings is 4. The summed E-state index contributed by atoms with van der Waals surface area (Å²) in [5, 5.41) is 39.1. The second-order valence-corrected chi connectivity index (χ2v) is 13.7. The van der Waals surface area contributed by atoms with Crippen LogP contribution in [0.25, 0.3) is 0 Å². The fourth-order valence-corrected chi connectivity index (χ4v) is 8.42. The van der Waals surface area contributed by atoms with E-state index >= 15 is 0 Å². The molecule has 50 heavy (non-hydrogen) atoms. The lowest BCUT2D eigenvalue weighted by molar-refractivity contribution is -0.226. The van der Waals surface area contributed by atoms with E-state index in [0.717, 1.165) is 0 Å². The highest BCUT2D eigenvalue weighted by molar-refractivity contribution is 5.93. The van der Waals surface area contributed by atoms with Crippen molar-refractivity contribution in [1.29, 1.82) is 0 Å². The van der Waals surface area contributed by atoms with Crippen molar-refractivity contribution in [1.82, 2.24) is 0 Å². The Balaban J connectivity index is 1.34. The third-order valence-electron chi connectivity index (χ3n) is 9.98. The van der Waals surface area contributed by atoms with Crippen molar-refractivity contribution < 1.29 is 58.6 Å². The summed E-state index contributed by atoms with van der Waals surface area (Å²) in [4.78, 5) is 57.6. The zero-order valence-corrected chi connectivity index (χ0v) is 26.5. The van der Waals surface area contributed by atoms with E-state index in [-0.39, 0.29) is 84.5 Å². The number of esters is 4. The lowest BCUT2D eigenvalue weighted by Crippen LogP contribution is -2.70. The monoisotopic (exact) mass is 680 g/mol. The summed E-state index contributed by atoms with van der Waals surface area (Å²) in [6.45, 7) is 0. The highest BCUT2D eigenvalue weighted by atomic mass is 16.6. The Bertz CT molecular complexity index is 1640. The second kappa shape index (κ2) is 11.8. The minimum atomic E-state index is -1.58. The number of aromatic hydroxyl groups is 4. The summed E-state index contributed by atoms with van der Waals surface area (Å²) >= 11 is 0. The van der Waals surface area contributed by atoms with Crippen LogP contribution in [0.5, 0.6) is 46.0 Å². The first-order valence-corrected chi connectivity index (χ1v) is 15.9. The third-order valence-corrected chi connectivity index (χ3v) is 9.98. The smallest absolute Gasteiger partial charge is 0.317 e. The predicted octanol–water partition coefficient (Wildman–Crippen LogP) is 5.56. The molecule has 4 aromatic rings. The maximum absolute atomic E-state index is 14.4. The molecule has 4 aliphatic rings. The van der Waals surface area contributed by atoms with Crippen molar-refractivity contribution in [2.45, 2.75) is 38.5 Å². The molecule has 256 valence electrons. The van der Waals surface area contributed by atoms with Crippen molar-refractivity contribution in [3.8, 4) is 46.0 Å². The number of hydrogen-bond donors (Lipinski definition) is 4. The molecule has 4 aromatic carbocycles. The van der Waals surface area contributed by atoms with Crippen LogP contribution in [0.2, 0.25) is 0 Å². The average molecular weight is 681 g/mol. The van der Waals surface area contributed by atoms with E-state index in [2.05, 4.69) is 0 Å². The first-order valence-electron chi connectivity index (χ1n) is 15.9. The molecule has 0 unspecified atom stereocenters. The van der Waals surface area contributed by atoms with Gasteiger partial charge in [-0.05, 0) is 136 Å². The number of phenols is 4. The molecular weight excluding hydrogens is 648 g/mol. The molecule has 0 radical (unpaired) electrons. The SMILES string of the molecule is O=C(Oc1ccc(O)cc1)C12CC3(C(=O)Oc4ccc(O)cc4)CC(C(=O)Oc4ccc(O)cc4)(C1)CC(C(=O)Oc1ccc(O)cc1)(C2)C3. The fourth-order valence-electron chi connectivity index (χ4n) is 8.42. The van der Waals surface area contributed by atoms with E-state index < -0.39 is 45.5 Å². The molecule has 12 heteroatoms. The third kappa shape index (κ3) is 5.82. The van der Waals surface area contributed by atoms with E-state index in [4.69, 9.17) is 18.9 Å². The van der Waals surface area contributed by atoms with Gasteiger partial charge in [-0.3, -0.25) is 19.2 Å². The average Bonchev–Trinajstić information content (AvgIpc) is 3.08. The Kier molecular flexibility index (Phi) is 7.69. The van der Waals surface area contributed by atoms with Crippen LogP contribution in [0, 0.1) is 21.7 Å². The highest BCUT2D eigenvalue weighted by Gasteiger charge is 2.77. The number of phenolic OH excluding ortho intramolecular Hbond substituents is 4. The number of carbonyl (C=O) groups excluding carboxylic acids is 4. The van der Waals surface area contributed by atoms with E-state index in [9.17, 15) is 39.6 Å². The molecule has 0 saturated heterocycles. The van der Waals surface area contributed by atoms with Gasteiger partial charge in [0, 0.05) is 0 Å². The molecule has 4 saturated carbocycles. The zero-order valence-electron chi connectivity index (χ0n) is 26.5. The fraction of sp³-hybridized carbons (Fsp3) is 0.263. The van der Waals surface area contributed by atoms with Gasteiger partial charge < -0.3 is 39.4 Å². The number of carbonyl (C=O) groups is 4. The second-order valence-electron chi connectivity index (χ2n) is 13.7. The van der Waals surface area contributed by atoms with Crippen molar-refractivity contribution in [3.63, 3.8) is 0 Å². The minimum absolute atomic E-state index is 0.0533. The van der Waals surface area contributed by atoms with Crippen LogP contribution in [0.1, 0.15) is 38.5 Å². The van der Waals surface area contributed by atoms with Gasteiger partial charge in [0.25, 0.3) is 0 Å². The standard InChI is InChI=1S/C38H32O12/c39-23-1-9-27(10-2-23)47-31(43)35-17-36(32(44)48-28-11-3-24(40)4-12-28)20-37(18-35,33(45)49-29-13-5-25(41)6-14-29)22-38(19-35,21-36)34(46)50-30-15-7-26(42)8-16-30/h1-16,39-42H,17-22H2. The van der Waals surface area contributed by atoms with Crippen molar-refractivity contribution in [3.05, 3.63) is 97.1 Å². The maximum atomic E-state index is 14.4. The molecular formula is C38H32O12. The Morgan fingerprint density at radius 1 is 0.340 bits per heavy atom. The van der Waals surface area contributed by atoms with Crippen molar-refractivity contribution >= 4 is 23.9 Å². The van der Waals surface area contributed by atoms with E-state index in [0.29, 0.717) is 0 Å². The first kappa shape index (κ1) is 32.5. The molecule has 8 rings (SSSR count). The van der Waals surface area contributed by atoms with Gasteiger partial charge in [-0.15, -0.1) is 0 Å². The molecule has 4 N–H and O–H groups in total. The van der Waals surface area contributed by atoms with Crippen LogP contribution in [0.3, 0.4) is 0 Å². The van der Waals surface area contributed by atoms with Crippen molar-refractivity contribution in [2.24, 2.45) is 21.7 Å². The molecule has 4 bridgehead atoms. The first-order chi connectivity index (χ1) is 23.8. The number of hydrogen-bond acceptors (Lipinski definition) is 12. The van der Waals surface area contributed by atoms with Gasteiger partial charge in [0.15, 0.2) is 0 Å². The normalized spacial score (nSPS) is 26.1. The lowest BCUT2D eigenvalue weighted by atomic mass is 9.35. The summed E-state index contributed by atoms with van der Waals surface area (Å²) in [5.74, 6) is -2.94. The molecule has 0 amide bonds. The van der Waals surface area contributed by atoms with Gasteiger partial charge in [-0.25, -0.2) is 0 Å². The van der Waals surface area contributed by atoms with Crippen LogP contribution in [-0.2, 0) is 19.2 Å². The summed E-state index contributed by atoms with van der Waals surface area (Å²) in [6.07, 6.45) is -0.689. The van der Waals surface area contributed by atoms with Gasteiger partial charge in [0.2, 0.25) is 0 Å². The van der Waals surface area contributed by atoms with Gasteiger partial charge in [0.05, 0.1) is 21.7 Å². The van der Waals surface area contributed by atoms with Gasteiger partial charge in [0.1, 0.15) is 46.0 Å². The summed E-state index contributed by atoms with van der Waals surface area (Å²) < 4.78 is 23.3. The van der Waals surface area contributed by atoms with Crippen LogP contribution in [0.15, 0.2) is 97.1 Å². The Labute approximate surface area is 285 Å². The quantitative estimate of drug-likeness (QED) is 0.134. The van der Waals surface area contributed by atoms with Crippen LogP contribution >= 0.6 is 0 Å². The lowest BCUT2D eigenvalue weighted by Gasteiger charge is -2.66. The maximum Gasteiger partial charge on any atom is 0.317 e. The van der Waals surface area contributed by atoms with E-state index in [1.165, 1.54) is 97.1 Å². The van der Waals surface area contributed by atoms with Crippen LogP contribution in [0.4, 0.5) is 0 Å². The van der Waals surface area contributed by atoms with Gasteiger partial charge in [-0.2, -0.15) is 0 Å². The molecule has 4 fully saturated rings. The molecule has 12 nitrogen and oxygen atoms in total. The molecule has 0 heterocycles. The topological polar surface area (TPSA) is 186 Å². The largest absolute Gasteiger partial charge is 0.508 e. The van der Waals surface area contributed by atoms with Gasteiger partial charge in [-0.1, -0.05) is 0 Å². The molecule has 0 aromatic heterocycles. The number of ether oxygens (including phenoxy) is 4. The van der Waals surface area contributed by atoms with Crippen LogP contribution < -0.4 is 18.9 Å². The van der Waals surface area contributed by atoms with E-state index in [1.54, 1.807) is 0 Å². The summed E-state index contributed by atoms with van der Waals surface area (Å²) in [5.41, 5.74) is -6.32. The van der Waals surface area contributed by atoms with Crippen LogP contribution in [-0.4, -0.2) is 44.3 Å². The number of rotatable bonds is 8. The Hall–Kier alpha value is -6.04. The predicted molar refractivity (Wildman–Crippen MR) is 172 cm³/mol. The molecule has 4 aliphatic carbocycles. The van der Waals surface area contributed by atoms with E-state index in [1.807, 2.05) is 0 Å². The Morgan fingerprint density at radius 3 is 0.660 bits per heavy atom. The molecule has 0 atom stereocenters. The molecule has 0 aliphatic heterocycles. The zero-order chi connectivity index (χ0) is 35.3. The summed E-state index contributed by atoms with van der Waals surface area (Å²) in [7, 11) is 0. The van der Waals surface area contributed by atoms with Crippen molar-refractivity contribution in [2.75, 3.05) is 0 Å². The van der Waals surface area contributed by atoms with Gasteiger partial charge >= 0.3 is 23.9 Å². The Morgan fingerprint density at radius 2 is 0.500 bits per heavy atom. The highest BCUT2D eigenvalue weighted by Crippen LogP contribution is 2.75. The molecule has 0 spiro atoms. The summed E-state index contributed by atoms with van der Waals surface area (Å²) in [6, 6.07) is 21.9.